The van der Waals surface area contributed by atoms with Crippen LogP contribution in [0.1, 0.15) is 43.9 Å². The molecule has 2 rings (SSSR count). The predicted molar refractivity (Wildman–Crippen MR) is 126 cm³/mol. The standard InChI is InChI=1S/C24H30Cl2N2O3/c1-6-21(24(30)27-15(2)3)28(13-18-9-10-19(25)20(26)12-18)23(29)14-31-22-11-16(4)7-8-17(22)5/h7-12,15,21H,6,13-14H2,1-5H3,(H,27,30)/t21-/m0/s1. The van der Waals surface area contributed by atoms with Gasteiger partial charge in [0.2, 0.25) is 5.91 Å². The van der Waals surface area contributed by atoms with Gasteiger partial charge in [-0.25, -0.2) is 0 Å². The van der Waals surface area contributed by atoms with Crippen LogP contribution >= 0.6 is 23.2 Å². The molecule has 0 spiro atoms. The molecule has 0 unspecified atom stereocenters. The Balaban J connectivity index is 2.27. The zero-order chi connectivity index (χ0) is 23.1. The van der Waals surface area contributed by atoms with E-state index in [-0.39, 0.29) is 31.0 Å². The fourth-order valence-corrected chi connectivity index (χ4v) is 3.54. The summed E-state index contributed by atoms with van der Waals surface area (Å²) in [7, 11) is 0. The molecular weight excluding hydrogens is 435 g/mol. The van der Waals surface area contributed by atoms with E-state index in [1.165, 1.54) is 0 Å². The Bertz CT molecular complexity index is 931. The van der Waals surface area contributed by atoms with Gasteiger partial charge in [0.05, 0.1) is 10.0 Å². The highest BCUT2D eigenvalue weighted by Crippen LogP contribution is 2.24. The molecule has 31 heavy (non-hydrogen) atoms. The number of benzene rings is 2. The summed E-state index contributed by atoms with van der Waals surface area (Å²) in [5, 5.41) is 3.74. The van der Waals surface area contributed by atoms with E-state index in [0.29, 0.717) is 22.2 Å². The highest BCUT2D eigenvalue weighted by atomic mass is 35.5. The lowest BCUT2D eigenvalue weighted by atomic mass is 10.1. The molecule has 0 aliphatic carbocycles. The number of ether oxygens (including phenoxy) is 1. The van der Waals surface area contributed by atoms with Crippen molar-refractivity contribution in [1.29, 1.82) is 0 Å². The molecule has 2 amide bonds. The maximum atomic E-state index is 13.2. The smallest absolute Gasteiger partial charge is 0.261 e. The van der Waals surface area contributed by atoms with Crippen molar-refractivity contribution in [2.24, 2.45) is 0 Å². The van der Waals surface area contributed by atoms with Crippen LogP contribution in [-0.4, -0.2) is 35.4 Å². The molecule has 0 fully saturated rings. The number of aryl methyl sites for hydroxylation is 2. The number of nitrogens with one attached hydrogen (secondary N) is 1. The summed E-state index contributed by atoms with van der Waals surface area (Å²) in [6.45, 7) is 9.60. The van der Waals surface area contributed by atoms with Gasteiger partial charge >= 0.3 is 0 Å². The maximum Gasteiger partial charge on any atom is 0.261 e. The van der Waals surface area contributed by atoms with Crippen LogP contribution in [0.5, 0.6) is 5.75 Å². The van der Waals surface area contributed by atoms with E-state index in [0.717, 1.165) is 16.7 Å². The number of carbonyl (C=O) groups excluding carboxylic acids is 2. The van der Waals surface area contributed by atoms with Crippen molar-refractivity contribution in [1.82, 2.24) is 10.2 Å². The van der Waals surface area contributed by atoms with Gasteiger partial charge in [0.1, 0.15) is 11.8 Å². The second kappa shape index (κ2) is 11.4. The SMILES string of the molecule is CC[C@@H](C(=O)NC(C)C)N(Cc1ccc(Cl)c(Cl)c1)C(=O)COc1cc(C)ccc1C. The number of halogens is 2. The molecule has 0 saturated heterocycles. The lowest BCUT2D eigenvalue weighted by Gasteiger charge is -2.31. The Kier molecular flexibility index (Phi) is 9.20. The molecule has 0 saturated carbocycles. The molecule has 0 aliphatic heterocycles. The lowest BCUT2D eigenvalue weighted by Crippen LogP contribution is -2.51. The number of rotatable bonds is 9. The third kappa shape index (κ3) is 7.15. The molecule has 0 radical (unpaired) electrons. The topological polar surface area (TPSA) is 58.6 Å². The molecule has 0 heterocycles. The van der Waals surface area contributed by atoms with Crippen molar-refractivity contribution in [3.05, 3.63) is 63.1 Å². The van der Waals surface area contributed by atoms with Crippen molar-refractivity contribution >= 4 is 35.0 Å². The van der Waals surface area contributed by atoms with Crippen molar-refractivity contribution in [3.63, 3.8) is 0 Å². The van der Waals surface area contributed by atoms with Crippen LogP contribution in [0.3, 0.4) is 0 Å². The van der Waals surface area contributed by atoms with Crippen molar-refractivity contribution in [3.8, 4) is 5.75 Å². The average Bonchev–Trinajstić information content (AvgIpc) is 2.70. The Morgan fingerprint density at radius 1 is 1.06 bits per heavy atom. The minimum Gasteiger partial charge on any atom is -0.483 e. The third-order valence-corrected chi connectivity index (χ3v) is 5.59. The van der Waals surface area contributed by atoms with Crippen LogP contribution in [-0.2, 0) is 16.1 Å². The fraction of sp³-hybridized carbons (Fsp3) is 0.417. The van der Waals surface area contributed by atoms with Gasteiger partial charge in [-0.05, 0) is 69.0 Å². The van der Waals surface area contributed by atoms with E-state index in [2.05, 4.69) is 5.32 Å². The number of carbonyl (C=O) groups is 2. The number of hydrogen-bond acceptors (Lipinski definition) is 3. The highest BCUT2D eigenvalue weighted by molar-refractivity contribution is 6.42. The Morgan fingerprint density at radius 2 is 1.77 bits per heavy atom. The summed E-state index contributed by atoms with van der Waals surface area (Å²) in [5.74, 6) is 0.179. The highest BCUT2D eigenvalue weighted by Gasteiger charge is 2.29. The molecule has 5 nitrogen and oxygen atoms in total. The second-order valence-corrected chi connectivity index (χ2v) is 8.73. The van der Waals surface area contributed by atoms with Crippen LogP contribution in [0.25, 0.3) is 0 Å². The van der Waals surface area contributed by atoms with E-state index in [1.807, 2.05) is 52.8 Å². The Labute approximate surface area is 194 Å². The number of hydrogen-bond donors (Lipinski definition) is 1. The quantitative estimate of drug-likeness (QED) is 0.545. The molecule has 168 valence electrons. The first-order chi connectivity index (χ1) is 14.6. The van der Waals surface area contributed by atoms with Gasteiger partial charge in [0.25, 0.3) is 5.91 Å². The van der Waals surface area contributed by atoms with Crippen LogP contribution in [0.15, 0.2) is 36.4 Å². The van der Waals surface area contributed by atoms with Crippen molar-refractivity contribution in [2.75, 3.05) is 6.61 Å². The minimum absolute atomic E-state index is 0.0327. The normalized spacial score (nSPS) is 11.9. The average molecular weight is 465 g/mol. The minimum atomic E-state index is -0.633. The zero-order valence-electron chi connectivity index (χ0n) is 18.7. The maximum absolute atomic E-state index is 13.2. The summed E-state index contributed by atoms with van der Waals surface area (Å²) in [6.07, 6.45) is 0.467. The van der Waals surface area contributed by atoms with Crippen LogP contribution in [0.2, 0.25) is 10.0 Å². The summed E-state index contributed by atoms with van der Waals surface area (Å²) in [5.41, 5.74) is 2.77. The molecule has 0 aliphatic rings. The molecule has 2 aromatic rings. The largest absolute Gasteiger partial charge is 0.483 e. The molecule has 0 aromatic heterocycles. The first kappa shape index (κ1) is 25.0. The van der Waals surface area contributed by atoms with E-state index in [4.69, 9.17) is 27.9 Å². The van der Waals surface area contributed by atoms with E-state index in [1.54, 1.807) is 23.1 Å². The summed E-state index contributed by atoms with van der Waals surface area (Å²) < 4.78 is 5.83. The van der Waals surface area contributed by atoms with Crippen molar-refractivity contribution < 1.29 is 14.3 Å². The summed E-state index contributed by atoms with van der Waals surface area (Å²) in [6, 6.07) is 10.4. The third-order valence-electron chi connectivity index (χ3n) is 4.85. The molecule has 0 bridgehead atoms. The summed E-state index contributed by atoms with van der Waals surface area (Å²) >= 11 is 12.2. The predicted octanol–water partition coefficient (Wildman–Crippen LogP) is 5.32. The van der Waals surface area contributed by atoms with E-state index >= 15 is 0 Å². The summed E-state index contributed by atoms with van der Waals surface area (Å²) in [4.78, 5) is 27.6. The Hall–Kier alpha value is -2.24. The lowest BCUT2D eigenvalue weighted by molar-refractivity contribution is -0.143. The number of nitrogens with zero attached hydrogens (tertiary/aromatic N) is 1. The zero-order valence-corrected chi connectivity index (χ0v) is 20.2. The Morgan fingerprint density at radius 3 is 2.39 bits per heavy atom. The van der Waals surface area contributed by atoms with E-state index in [9.17, 15) is 9.59 Å². The van der Waals surface area contributed by atoms with Crippen LogP contribution in [0.4, 0.5) is 0 Å². The van der Waals surface area contributed by atoms with Crippen molar-refractivity contribution in [2.45, 2.75) is 59.7 Å². The van der Waals surface area contributed by atoms with Gasteiger partial charge in [-0.15, -0.1) is 0 Å². The second-order valence-electron chi connectivity index (χ2n) is 7.92. The monoisotopic (exact) mass is 464 g/mol. The van der Waals surface area contributed by atoms with Gasteiger partial charge in [0.15, 0.2) is 6.61 Å². The van der Waals surface area contributed by atoms with Gasteiger partial charge in [0, 0.05) is 12.6 Å². The van der Waals surface area contributed by atoms with Gasteiger partial charge < -0.3 is 15.0 Å². The number of amides is 2. The van der Waals surface area contributed by atoms with Gasteiger partial charge in [-0.2, -0.15) is 0 Å². The first-order valence-corrected chi connectivity index (χ1v) is 11.1. The molecule has 2 aromatic carbocycles. The van der Waals surface area contributed by atoms with Crippen LogP contribution in [0, 0.1) is 13.8 Å². The van der Waals surface area contributed by atoms with Gasteiger partial charge in [-0.1, -0.05) is 48.3 Å². The molecule has 7 heteroatoms. The first-order valence-electron chi connectivity index (χ1n) is 10.4. The van der Waals surface area contributed by atoms with E-state index < -0.39 is 6.04 Å². The van der Waals surface area contributed by atoms with Gasteiger partial charge in [-0.3, -0.25) is 9.59 Å². The van der Waals surface area contributed by atoms with Crippen LogP contribution < -0.4 is 10.1 Å². The fourth-order valence-electron chi connectivity index (χ4n) is 3.22. The molecule has 1 atom stereocenters. The molecule has 1 N–H and O–H groups in total. The molecular formula is C24H30Cl2N2O3.